The van der Waals surface area contributed by atoms with E-state index in [1.54, 1.807) is 4.80 Å². The lowest BCUT2D eigenvalue weighted by Gasteiger charge is -2.02. The van der Waals surface area contributed by atoms with E-state index in [0.29, 0.717) is 12.4 Å². The van der Waals surface area contributed by atoms with Crippen LogP contribution in [0, 0.1) is 0 Å². The Hall–Kier alpha value is -1.36. The van der Waals surface area contributed by atoms with Gasteiger partial charge in [-0.2, -0.15) is 9.90 Å². The Kier molecular flexibility index (Phi) is 2.49. The third-order valence-electron chi connectivity index (χ3n) is 1.82. The fourth-order valence-electron chi connectivity index (χ4n) is 1.17. The van der Waals surface area contributed by atoms with Crippen LogP contribution in [0.5, 0.6) is 0 Å². The normalized spacial score (nSPS) is 10.4. The highest BCUT2D eigenvalue weighted by Crippen LogP contribution is 2.16. The number of nitrogens with zero attached hydrogens (tertiary/aromatic N) is 3. The molecule has 0 spiro atoms. The number of benzene rings is 1. The smallest absolute Gasteiger partial charge is 0.165 e. The second-order valence-electron chi connectivity index (χ2n) is 2.89. The fourth-order valence-corrected chi connectivity index (χ4v) is 1.58. The quantitative estimate of drug-likeness (QED) is 0.885. The molecule has 5 heteroatoms. The van der Waals surface area contributed by atoms with Crippen molar-refractivity contribution in [3.63, 3.8) is 0 Å². The summed E-state index contributed by atoms with van der Waals surface area (Å²) in [6.07, 6.45) is 1.54. The van der Waals surface area contributed by atoms with E-state index < -0.39 is 0 Å². The summed E-state index contributed by atoms with van der Waals surface area (Å²) in [5.41, 5.74) is 6.59. The predicted octanol–water partition coefficient (Wildman–Crippen LogP) is 1.67. The number of aromatic nitrogens is 3. The predicted molar refractivity (Wildman–Crippen MR) is 57.7 cm³/mol. The maximum Gasteiger partial charge on any atom is 0.165 e. The van der Waals surface area contributed by atoms with Crippen LogP contribution in [0.3, 0.4) is 0 Å². The van der Waals surface area contributed by atoms with E-state index in [-0.39, 0.29) is 0 Å². The molecule has 1 aromatic heterocycles. The molecule has 0 aliphatic heterocycles. The Labute approximate surface area is 89.9 Å². The zero-order valence-electron chi connectivity index (χ0n) is 7.39. The summed E-state index contributed by atoms with van der Waals surface area (Å²) in [7, 11) is 0. The van der Waals surface area contributed by atoms with Crippen molar-refractivity contribution < 1.29 is 0 Å². The largest absolute Gasteiger partial charge is 0.381 e. The van der Waals surface area contributed by atoms with E-state index in [0.717, 1.165) is 10.0 Å². The number of nitrogen functional groups attached to an aromatic ring is 1. The topological polar surface area (TPSA) is 56.7 Å². The first kappa shape index (κ1) is 9.21. The number of nitrogens with two attached hydrogens (primary N) is 1. The van der Waals surface area contributed by atoms with Crippen LogP contribution in [0.2, 0.25) is 0 Å². The van der Waals surface area contributed by atoms with Crippen molar-refractivity contribution in [2.75, 3.05) is 5.73 Å². The number of anilines is 1. The number of halogens is 1. The van der Waals surface area contributed by atoms with Crippen molar-refractivity contribution in [2.24, 2.45) is 0 Å². The van der Waals surface area contributed by atoms with Gasteiger partial charge < -0.3 is 5.73 Å². The summed E-state index contributed by atoms with van der Waals surface area (Å²) >= 11 is 3.46. The van der Waals surface area contributed by atoms with E-state index in [9.17, 15) is 0 Å². The lowest BCUT2D eigenvalue weighted by Crippen LogP contribution is -2.04. The van der Waals surface area contributed by atoms with E-state index in [1.165, 1.54) is 6.20 Å². The number of hydrogen-bond donors (Lipinski definition) is 1. The molecular formula is C9H9BrN4. The molecule has 0 radical (unpaired) electrons. The van der Waals surface area contributed by atoms with Crippen molar-refractivity contribution in [2.45, 2.75) is 6.54 Å². The van der Waals surface area contributed by atoms with Gasteiger partial charge in [0.1, 0.15) is 0 Å². The molecule has 2 aromatic rings. The summed E-state index contributed by atoms with van der Waals surface area (Å²) in [5, 5.41) is 8.02. The first-order valence-electron chi connectivity index (χ1n) is 4.15. The third kappa shape index (κ3) is 1.93. The third-order valence-corrected chi connectivity index (χ3v) is 2.60. The first-order valence-corrected chi connectivity index (χ1v) is 4.94. The van der Waals surface area contributed by atoms with Gasteiger partial charge >= 0.3 is 0 Å². The highest BCUT2D eigenvalue weighted by Gasteiger charge is 2.01. The highest BCUT2D eigenvalue weighted by atomic mass is 79.9. The van der Waals surface area contributed by atoms with Crippen LogP contribution in [0.15, 0.2) is 34.9 Å². The summed E-state index contributed by atoms with van der Waals surface area (Å²) in [4.78, 5) is 1.56. The summed E-state index contributed by atoms with van der Waals surface area (Å²) in [5.74, 6) is 0.442. The molecule has 0 saturated heterocycles. The Morgan fingerprint density at radius 3 is 2.79 bits per heavy atom. The zero-order chi connectivity index (χ0) is 9.97. The minimum atomic E-state index is 0.442. The molecule has 0 atom stereocenters. The fraction of sp³-hybridized carbons (Fsp3) is 0.111. The molecule has 0 aliphatic rings. The molecule has 0 aliphatic carbocycles. The summed E-state index contributed by atoms with van der Waals surface area (Å²) in [6.45, 7) is 0.624. The van der Waals surface area contributed by atoms with Crippen molar-refractivity contribution >= 4 is 21.7 Å². The Morgan fingerprint density at radius 1 is 1.36 bits per heavy atom. The van der Waals surface area contributed by atoms with Crippen molar-refractivity contribution in [1.82, 2.24) is 15.0 Å². The molecule has 0 bridgehead atoms. The second-order valence-corrected chi connectivity index (χ2v) is 3.75. The Bertz CT molecular complexity index is 438. The van der Waals surface area contributed by atoms with Crippen LogP contribution < -0.4 is 5.73 Å². The van der Waals surface area contributed by atoms with E-state index in [1.807, 2.05) is 24.3 Å². The molecule has 0 fully saturated rings. The Balaban J connectivity index is 2.23. The van der Waals surface area contributed by atoms with Gasteiger partial charge in [0.15, 0.2) is 5.82 Å². The molecule has 14 heavy (non-hydrogen) atoms. The van der Waals surface area contributed by atoms with Crippen LogP contribution in [-0.2, 0) is 6.54 Å². The lowest BCUT2D eigenvalue weighted by atomic mass is 10.2. The van der Waals surface area contributed by atoms with Crippen LogP contribution in [0.25, 0.3) is 0 Å². The van der Waals surface area contributed by atoms with Gasteiger partial charge in [0, 0.05) is 4.47 Å². The van der Waals surface area contributed by atoms with Gasteiger partial charge in [0.05, 0.1) is 12.7 Å². The molecule has 1 aromatic carbocycles. The van der Waals surface area contributed by atoms with Gasteiger partial charge in [-0.15, -0.1) is 5.10 Å². The maximum atomic E-state index is 5.46. The van der Waals surface area contributed by atoms with Gasteiger partial charge in [-0.05, 0) is 11.6 Å². The lowest BCUT2D eigenvalue weighted by molar-refractivity contribution is 0.592. The highest BCUT2D eigenvalue weighted by molar-refractivity contribution is 9.10. The van der Waals surface area contributed by atoms with E-state index >= 15 is 0 Å². The molecule has 2 rings (SSSR count). The van der Waals surface area contributed by atoms with Crippen molar-refractivity contribution in [3.8, 4) is 0 Å². The molecule has 72 valence electrons. The standard InChI is InChI=1S/C9H9BrN4/c10-8-4-2-1-3-7(8)6-14-12-5-9(11)13-14/h1-5H,6H2,(H2,11,13). The molecule has 1 heterocycles. The minimum Gasteiger partial charge on any atom is -0.381 e. The maximum absolute atomic E-state index is 5.46. The van der Waals surface area contributed by atoms with Gasteiger partial charge in [-0.25, -0.2) is 0 Å². The second kappa shape index (κ2) is 3.79. The van der Waals surface area contributed by atoms with Gasteiger partial charge in [0.25, 0.3) is 0 Å². The van der Waals surface area contributed by atoms with Gasteiger partial charge in [-0.3, -0.25) is 0 Å². The molecule has 0 unspecified atom stereocenters. The van der Waals surface area contributed by atoms with Crippen LogP contribution in [-0.4, -0.2) is 15.0 Å². The molecule has 0 saturated carbocycles. The van der Waals surface area contributed by atoms with Crippen LogP contribution in [0.4, 0.5) is 5.82 Å². The number of rotatable bonds is 2. The minimum absolute atomic E-state index is 0.442. The molecule has 0 amide bonds. The zero-order valence-corrected chi connectivity index (χ0v) is 8.98. The first-order chi connectivity index (χ1) is 6.75. The molecule has 2 N–H and O–H groups in total. The van der Waals surface area contributed by atoms with Gasteiger partial charge in [0.2, 0.25) is 0 Å². The van der Waals surface area contributed by atoms with Crippen LogP contribution >= 0.6 is 15.9 Å². The van der Waals surface area contributed by atoms with Crippen molar-refractivity contribution in [1.29, 1.82) is 0 Å². The van der Waals surface area contributed by atoms with Crippen LogP contribution in [0.1, 0.15) is 5.56 Å². The average Bonchev–Trinajstić information content (AvgIpc) is 2.56. The SMILES string of the molecule is Nc1cnn(Cc2ccccc2Br)n1. The van der Waals surface area contributed by atoms with Crippen molar-refractivity contribution in [3.05, 3.63) is 40.5 Å². The Morgan fingerprint density at radius 2 is 2.14 bits per heavy atom. The molecular weight excluding hydrogens is 244 g/mol. The molecule has 4 nitrogen and oxygen atoms in total. The monoisotopic (exact) mass is 252 g/mol. The van der Waals surface area contributed by atoms with E-state index in [2.05, 4.69) is 26.1 Å². The summed E-state index contributed by atoms with van der Waals surface area (Å²) < 4.78 is 1.05. The number of hydrogen-bond acceptors (Lipinski definition) is 3. The summed E-state index contributed by atoms with van der Waals surface area (Å²) in [6, 6.07) is 7.96. The van der Waals surface area contributed by atoms with E-state index in [4.69, 9.17) is 5.73 Å². The average molecular weight is 253 g/mol. The van der Waals surface area contributed by atoms with Gasteiger partial charge in [-0.1, -0.05) is 34.1 Å².